The Morgan fingerprint density at radius 1 is 1.26 bits per heavy atom. The second kappa shape index (κ2) is 8.61. The minimum atomic E-state index is -0.326. The first-order valence-corrected chi connectivity index (χ1v) is 6.84. The summed E-state index contributed by atoms with van der Waals surface area (Å²) in [5.74, 6) is 0. The van der Waals surface area contributed by atoms with Gasteiger partial charge >= 0.3 is 0 Å². The molecule has 0 spiro atoms. The van der Waals surface area contributed by atoms with Gasteiger partial charge < -0.3 is 10.2 Å². The van der Waals surface area contributed by atoms with E-state index in [9.17, 15) is 10.1 Å². The van der Waals surface area contributed by atoms with Crippen molar-refractivity contribution in [3.8, 4) is 0 Å². The van der Waals surface area contributed by atoms with Crippen molar-refractivity contribution in [3.63, 3.8) is 0 Å². The van der Waals surface area contributed by atoms with Gasteiger partial charge in [-0.2, -0.15) is 0 Å². The van der Waals surface area contributed by atoms with Crippen molar-refractivity contribution in [2.24, 2.45) is 0 Å². The number of nitro benzene ring substituents is 1. The average molecular weight is 265 g/mol. The summed E-state index contributed by atoms with van der Waals surface area (Å²) in [5, 5.41) is 14.1. The fourth-order valence-electron chi connectivity index (χ4n) is 2.03. The van der Waals surface area contributed by atoms with Gasteiger partial charge in [-0.05, 0) is 32.6 Å². The fourth-order valence-corrected chi connectivity index (χ4v) is 2.03. The van der Waals surface area contributed by atoms with Gasteiger partial charge in [-0.25, -0.2) is 0 Å². The summed E-state index contributed by atoms with van der Waals surface area (Å²) >= 11 is 0. The molecule has 0 saturated carbocycles. The molecular formula is C14H23N3O2. The van der Waals surface area contributed by atoms with E-state index in [0.29, 0.717) is 6.54 Å². The second-order valence-corrected chi connectivity index (χ2v) is 4.44. The molecule has 106 valence electrons. The number of para-hydroxylation sites is 1. The zero-order valence-electron chi connectivity index (χ0n) is 11.8. The van der Waals surface area contributed by atoms with Crippen LogP contribution in [-0.4, -0.2) is 36.0 Å². The smallest absolute Gasteiger partial charge is 0.273 e. The third kappa shape index (κ3) is 5.36. The first-order valence-electron chi connectivity index (χ1n) is 6.84. The molecule has 5 nitrogen and oxygen atoms in total. The maximum atomic E-state index is 10.8. The molecule has 1 aromatic rings. The van der Waals surface area contributed by atoms with Gasteiger partial charge in [0.1, 0.15) is 0 Å². The lowest BCUT2D eigenvalue weighted by atomic mass is 10.2. The Kier molecular flexibility index (Phi) is 7.07. The highest BCUT2D eigenvalue weighted by atomic mass is 16.6. The lowest BCUT2D eigenvalue weighted by Gasteiger charge is -2.17. The van der Waals surface area contributed by atoms with E-state index in [1.807, 2.05) is 6.07 Å². The predicted molar refractivity (Wildman–Crippen MR) is 77.2 cm³/mol. The second-order valence-electron chi connectivity index (χ2n) is 4.44. The standard InChI is InChI=1S/C14H23N3O2/c1-3-16(4-2)11-7-10-15-12-13-8-5-6-9-14(13)17(18)19/h5-6,8-9,15H,3-4,7,10-12H2,1-2H3. The van der Waals surface area contributed by atoms with Crippen LogP contribution in [0.1, 0.15) is 25.8 Å². The van der Waals surface area contributed by atoms with Crippen LogP contribution in [0.25, 0.3) is 0 Å². The number of rotatable bonds is 9. The van der Waals surface area contributed by atoms with Crippen LogP contribution < -0.4 is 5.32 Å². The van der Waals surface area contributed by atoms with Crippen LogP contribution in [0.3, 0.4) is 0 Å². The van der Waals surface area contributed by atoms with Crippen LogP contribution in [0.4, 0.5) is 5.69 Å². The summed E-state index contributed by atoms with van der Waals surface area (Å²) in [6.07, 6.45) is 1.06. The normalized spacial score (nSPS) is 10.9. The molecule has 0 radical (unpaired) electrons. The SMILES string of the molecule is CCN(CC)CCCNCc1ccccc1[N+](=O)[O-]. The molecule has 0 aliphatic rings. The maximum Gasteiger partial charge on any atom is 0.273 e. The van der Waals surface area contributed by atoms with Gasteiger partial charge in [-0.3, -0.25) is 10.1 Å². The van der Waals surface area contributed by atoms with Crippen LogP contribution in [0.2, 0.25) is 0 Å². The number of hydrogen-bond acceptors (Lipinski definition) is 4. The van der Waals surface area contributed by atoms with Crippen molar-refractivity contribution in [2.75, 3.05) is 26.2 Å². The zero-order chi connectivity index (χ0) is 14.1. The Morgan fingerprint density at radius 3 is 2.58 bits per heavy atom. The molecule has 1 rings (SSSR count). The largest absolute Gasteiger partial charge is 0.312 e. The molecule has 19 heavy (non-hydrogen) atoms. The van der Waals surface area contributed by atoms with E-state index in [0.717, 1.165) is 38.2 Å². The molecule has 0 bridgehead atoms. The number of hydrogen-bond donors (Lipinski definition) is 1. The van der Waals surface area contributed by atoms with E-state index in [2.05, 4.69) is 24.1 Å². The fraction of sp³-hybridized carbons (Fsp3) is 0.571. The highest BCUT2D eigenvalue weighted by Gasteiger charge is 2.11. The minimum Gasteiger partial charge on any atom is -0.312 e. The first kappa shape index (κ1) is 15.6. The monoisotopic (exact) mass is 265 g/mol. The van der Waals surface area contributed by atoms with Crippen molar-refractivity contribution in [1.82, 2.24) is 10.2 Å². The van der Waals surface area contributed by atoms with Gasteiger partial charge in [0.05, 0.1) is 4.92 Å². The molecule has 0 heterocycles. The van der Waals surface area contributed by atoms with E-state index in [4.69, 9.17) is 0 Å². The molecule has 0 amide bonds. The highest BCUT2D eigenvalue weighted by molar-refractivity contribution is 5.39. The quantitative estimate of drug-likeness (QED) is 0.423. The summed E-state index contributed by atoms with van der Waals surface area (Å²) in [6.45, 7) is 8.95. The molecule has 0 unspecified atom stereocenters. The van der Waals surface area contributed by atoms with Gasteiger partial charge in [0.2, 0.25) is 0 Å². The van der Waals surface area contributed by atoms with Gasteiger partial charge in [0, 0.05) is 18.2 Å². The van der Waals surface area contributed by atoms with Gasteiger partial charge in [-0.1, -0.05) is 32.0 Å². The number of nitrogens with one attached hydrogen (secondary N) is 1. The molecule has 0 atom stereocenters. The van der Waals surface area contributed by atoms with Crippen LogP contribution >= 0.6 is 0 Å². The topological polar surface area (TPSA) is 58.4 Å². The molecule has 5 heteroatoms. The van der Waals surface area contributed by atoms with Crippen molar-refractivity contribution in [3.05, 3.63) is 39.9 Å². The van der Waals surface area contributed by atoms with Crippen LogP contribution in [0.5, 0.6) is 0 Å². The Balaban J connectivity index is 2.32. The highest BCUT2D eigenvalue weighted by Crippen LogP contribution is 2.16. The molecular weight excluding hydrogens is 242 g/mol. The summed E-state index contributed by atoms with van der Waals surface area (Å²) in [7, 11) is 0. The Morgan fingerprint density at radius 2 is 1.95 bits per heavy atom. The molecule has 1 aromatic carbocycles. The number of nitro groups is 1. The molecule has 1 N–H and O–H groups in total. The molecule has 0 saturated heterocycles. The summed E-state index contributed by atoms with van der Waals surface area (Å²) in [6, 6.07) is 6.88. The summed E-state index contributed by atoms with van der Waals surface area (Å²) in [5.41, 5.74) is 0.939. The molecule has 0 aliphatic carbocycles. The van der Waals surface area contributed by atoms with E-state index in [-0.39, 0.29) is 10.6 Å². The minimum absolute atomic E-state index is 0.193. The number of nitrogens with zero attached hydrogens (tertiary/aromatic N) is 2. The van der Waals surface area contributed by atoms with Crippen LogP contribution in [-0.2, 0) is 6.54 Å². The van der Waals surface area contributed by atoms with Crippen molar-refractivity contribution < 1.29 is 4.92 Å². The van der Waals surface area contributed by atoms with Crippen molar-refractivity contribution in [1.29, 1.82) is 0 Å². The zero-order valence-corrected chi connectivity index (χ0v) is 11.8. The average Bonchev–Trinajstić information content (AvgIpc) is 2.43. The Labute approximate surface area is 114 Å². The maximum absolute atomic E-state index is 10.8. The Bertz CT molecular complexity index is 392. The van der Waals surface area contributed by atoms with Gasteiger partial charge in [-0.15, -0.1) is 0 Å². The third-order valence-electron chi connectivity index (χ3n) is 3.23. The number of benzene rings is 1. The lowest BCUT2D eigenvalue weighted by Crippen LogP contribution is -2.27. The first-order chi connectivity index (χ1) is 9.19. The molecule has 0 aromatic heterocycles. The van der Waals surface area contributed by atoms with E-state index >= 15 is 0 Å². The predicted octanol–water partition coefficient (Wildman–Crippen LogP) is 2.42. The van der Waals surface area contributed by atoms with Crippen molar-refractivity contribution >= 4 is 5.69 Å². The molecule has 0 fully saturated rings. The van der Waals surface area contributed by atoms with Crippen LogP contribution in [0.15, 0.2) is 24.3 Å². The van der Waals surface area contributed by atoms with Gasteiger partial charge in [0.25, 0.3) is 5.69 Å². The van der Waals surface area contributed by atoms with Gasteiger partial charge in [0.15, 0.2) is 0 Å². The van der Waals surface area contributed by atoms with Crippen molar-refractivity contribution in [2.45, 2.75) is 26.8 Å². The van der Waals surface area contributed by atoms with Crippen LogP contribution in [0, 0.1) is 10.1 Å². The molecule has 0 aliphatic heterocycles. The third-order valence-corrected chi connectivity index (χ3v) is 3.23. The Hall–Kier alpha value is -1.46. The summed E-state index contributed by atoms with van der Waals surface area (Å²) < 4.78 is 0. The lowest BCUT2D eigenvalue weighted by molar-refractivity contribution is -0.385. The van der Waals surface area contributed by atoms with E-state index in [1.165, 1.54) is 0 Å². The van der Waals surface area contributed by atoms with E-state index < -0.39 is 0 Å². The summed E-state index contributed by atoms with van der Waals surface area (Å²) in [4.78, 5) is 12.9. The van der Waals surface area contributed by atoms with E-state index in [1.54, 1.807) is 18.2 Å².